The lowest BCUT2D eigenvalue weighted by Gasteiger charge is -2.49. The van der Waals surface area contributed by atoms with E-state index in [-0.39, 0.29) is 5.12 Å². The van der Waals surface area contributed by atoms with Gasteiger partial charge >= 0.3 is 0 Å². The Morgan fingerprint density at radius 1 is 0.800 bits per heavy atom. The van der Waals surface area contributed by atoms with E-state index in [1.807, 2.05) is 0 Å². The van der Waals surface area contributed by atoms with Crippen LogP contribution in [0.3, 0.4) is 0 Å². The molecule has 4 rings (SSSR count). The Hall–Kier alpha value is -0.570. The third-order valence-corrected chi connectivity index (χ3v) is 9.61. The molecule has 168 valence electrons. The molecule has 5 atom stereocenters. The molecule has 2 nitrogen and oxygen atoms in total. The number of ketones is 1. The van der Waals surface area contributed by atoms with Gasteiger partial charge < -0.3 is 0 Å². The van der Waals surface area contributed by atoms with E-state index in [1.54, 1.807) is 0 Å². The number of allylic oxidation sites excluding steroid dienone is 1. The molecule has 3 bridgehead atoms. The molecule has 30 heavy (non-hydrogen) atoms. The number of fused-ring (bicyclic) bond motifs is 2. The van der Waals surface area contributed by atoms with Crippen LogP contribution in [0.15, 0.2) is 12.2 Å². The van der Waals surface area contributed by atoms with Crippen LogP contribution < -0.4 is 0 Å². The second kappa shape index (κ2) is 9.51. The monoisotopic (exact) mass is 430 g/mol. The average Bonchev–Trinajstić information content (AvgIpc) is 3.00. The first-order valence-corrected chi connectivity index (χ1v) is 13.3. The van der Waals surface area contributed by atoms with Crippen molar-refractivity contribution >= 4 is 23.5 Å². The fourth-order valence-electron chi connectivity index (χ4n) is 8.20. The summed E-state index contributed by atoms with van der Waals surface area (Å²) < 4.78 is 0. The van der Waals surface area contributed by atoms with Crippen LogP contribution in [-0.4, -0.2) is 10.9 Å². The van der Waals surface area contributed by atoms with Gasteiger partial charge in [-0.1, -0.05) is 51.5 Å². The molecular weight excluding hydrogens is 388 g/mol. The van der Waals surface area contributed by atoms with E-state index in [2.05, 4.69) is 19.2 Å². The lowest BCUT2D eigenvalue weighted by Crippen LogP contribution is -2.42. The molecule has 0 radical (unpaired) electrons. The van der Waals surface area contributed by atoms with Gasteiger partial charge in [0.1, 0.15) is 0 Å². The standard InChI is InChI=1S/C27H42O2S/c1-20(11-9-7-5-3-2-4-6-8-10-12-25(29)30)24(28)18-26-15-21-13-22-14-23(17-26)27(22,16-21)19-26/h21-23H,1-19H2,(H,29,30). The van der Waals surface area contributed by atoms with Gasteiger partial charge in [0.05, 0.1) is 0 Å². The molecule has 5 unspecified atom stereocenters. The third-order valence-electron chi connectivity index (χ3n) is 9.39. The molecule has 4 saturated carbocycles. The van der Waals surface area contributed by atoms with Crippen molar-refractivity contribution in [2.75, 3.05) is 0 Å². The highest BCUT2D eigenvalue weighted by atomic mass is 32.1. The molecule has 0 amide bonds. The van der Waals surface area contributed by atoms with Crippen LogP contribution in [0.2, 0.25) is 0 Å². The molecule has 0 saturated heterocycles. The molecular formula is C27H42O2S. The predicted octanol–water partition coefficient (Wildman–Crippen LogP) is 7.47. The van der Waals surface area contributed by atoms with Crippen molar-refractivity contribution in [3.63, 3.8) is 0 Å². The summed E-state index contributed by atoms with van der Waals surface area (Å²) in [4.78, 5) is 23.7. The fraction of sp³-hybridized carbons (Fsp3) is 0.852. The maximum atomic E-state index is 13.0. The molecule has 4 aliphatic rings. The van der Waals surface area contributed by atoms with Crippen molar-refractivity contribution in [2.45, 2.75) is 116 Å². The summed E-state index contributed by atoms with van der Waals surface area (Å²) in [6.07, 6.45) is 21.7. The zero-order chi connectivity index (χ0) is 21.2. The molecule has 4 fully saturated rings. The minimum atomic E-state index is 0.0179. The zero-order valence-corrected chi connectivity index (χ0v) is 19.8. The quantitative estimate of drug-likeness (QED) is 0.166. The second-order valence-corrected chi connectivity index (χ2v) is 12.0. The molecule has 3 heteroatoms. The summed E-state index contributed by atoms with van der Waals surface area (Å²) in [5.41, 5.74) is 1.96. The van der Waals surface area contributed by atoms with Crippen LogP contribution in [0.4, 0.5) is 0 Å². The molecule has 0 heterocycles. The van der Waals surface area contributed by atoms with Crippen LogP contribution in [0.1, 0.15) is 116 Å². The number of hydrogen-bond acceptors (Lipinski definition) is 2. The van der Waals surface area contributed by atoms with Gasteiger partial charge in [0.25, 0.3) is 0 Å². The Balaban J connectivity index is 1.05. The van der Waals surface area contributed by atoms with Crippen molar-refractivity contribution in [3.8, 4) is 0 Å². The summed E-state index contributed by atoms with van der Waals surface area (Å²) in [6, 6.07) is 0. The Bertz CT molecular complexity index is 666. The van der Waals surface area contributed by atoms with Gasteiger partial charge in [-0.2, -0.15) is 0 Å². The van der Waals surface area contributed by atoms with Gasteiger partial charge in [-0.05, 0) is 91.9 Å². The number of thiol groups is 1. The number of hydrogen-bond donors (Lipinski definition) is 1. The van der Waals surface area contributed by atoms with E-state index in [0.717, 1.165) is 55.4 Å². The van der Waals surface area contributed by atoms with E-state index in [1.165, 1.54) is 77.0 Å². The smallest absolute Gasteiger partial charge is 0.185 e. The van der Waals surface area contributed by atoms with Crippen molar-refractivity contribution in [1.82, 2.24) is 0 Å². The topological polar surface area (TPSA) is 34.1 Å². The second-order valence-electron chi connectivity index (χ2n) is 11.5. The van der Waals surface area contributed by atoms with Crippen LogP contribution in [0, 0.1) is 28.6 Å². The summed E-state index contributed by atoms with van der Waals surface area (Å²) in [5.74, 6) is 3.31. The summed E-state index contributed by atoms with van der Waals surface area (Å²) in [5, 5.41) is 0.0179. The Morgan fingerprint density at radius 3 is 2.10 bits per heavy atom. The lowest BCUT2D eigenvalue weighted by molar-refractivity contribution is -0.118. The van der Waals surface area contributed by atoms with E-state index in [0.29, 0.717) is 23.0 Å². The highest BCUT2D eigenvalue weighted by Gasteiger charge is 2.70. The van der Waals surface area contributed by atoms with Crippen molar-refractivity contribution < 1.29 is 9.59 Å². The molecule has 0 aromatic heterocycles. The minimum absolute atomic E-state index is 0.0179. The molecule has 0 aromatic rings. The summed E-state index contributed by atoms with van der Waals surface area (Å²) in [6.45, 7) is 4.19. The van der Waals surface area contributed by atoms with Gasteiger partial charge in [0, 0.05) is 12.8 Å². The number of rotatable bonds is 15. The Morgan fingerprint density at radius 2 is 1.43 bits per heavy atom. The van der Waals surface area contributed by atoms with Crippen molar-refractivity contribution in [1.29, 1.82) is 0 Å². The number of carbonyl (C=O) groups excluding carboxylic acids is 2. The lowest BCUT2D eigenvalue weighted by atomic mass is 9.55. The van der Waals surface area contributed by atoms with E-state index in [9.17, 15) is 9.59 Å². The predicted molar refractivity (Wildman–Crippen MR) is 127 cm³/mol. The van der Waals surface area contributed by atoms with Gasteiger partial charge in [-0.3, -0.25) is 9.59 Å². The normalized spacial score (nSPS) is 35.3. The van der Waals surface area contributed by atoms with Crippen LogP contribution in [-0.2, 0) is 9.59 Å². The number of Topliss-reactive ketones (excluding diaryl/α,β-unsaturated/α-hetero) is 1. The van der Waals surface area contributed by atoms with Crippen molar-refractivity contribution in [2.24, 2.45) is 28.6 Å². The summed E-state index contributed by atoms with van der Waals surface area (Å²) in [7, 11) is 0. The van der Waals surface area contributed by atoms with Gasteiger partial charge in [-0.15, -0.1) is 12.6 Å². The molecule has 0 aromatic carbocycles. The Kier molecular flexibility index (Phi) is 7.17. The Labute approximate surface area is 189 Å². The maximum Gasteiger partial charge on any atom is 0.185 e. The average molecular weight is 431 g/mol. The summed E-state index contributed by atoms with van der Waals surface area (Å²) >= 11 is 3.81. The highest BCUT2D eigenvalue weighted by molar-refractivity contribution is 7.96. The largest absolute Gasteiger partial charge is 0.295 e. The van der Waals surface area contributed by atoms with E-state index >= 15 is 0 Å². The number of carbonyl (C=O) groups is 2. The van der Waals surface area contributed by atoms with Crippen molar-refractivity contribution in [3.05, 3.63) is 12.2 Å². The third kappa shape index (κ3) is 4.76. The minimum Gasteiger partial charge on any atom is -0.295 e. The first-order valence-electron chi connectivity index (χ1n) is 12.9. The molecule has 4 aliphatic carbocycles. The first kappa shape index (κ1) is 22.6. The van der Waals surface area contributed by atoms with Gasteiger partial charge in [-0.25, -0.2) is 0 Å². The van der Waals surface area contributed by atoms with Crippen LogP contribution >= 0.6 is 12.6 Å². The molecule has 0 aliphatic heterocycles. The zero-order valence-electron chi connectivity index (χ0n) is 18.9. The SMILES string of the molecule is C=C(CCCCCCCCCCCC(=O)S)C(=O)CC12CC3CC4CC(C1)C4(C3)C2. The maximum absolute atomic E-state index is 13.0. The van der Waals surface area contributed by atoms with E-state index in [4.69, 9.17) is 0 Å². The van der Waals surface area contributed by atoms with Crippen LogP contribution in [0.5, 0.6) is 0 Å². The molecule has 0 N–H and O–H groups in total. The van der Waals surface area contributed by atoms with Gasteiger partial charge in [0.15, 0.2) is 10.9 Å². The van der Waals surface area contributed by atoms with Gasteiger partial charge in [0.2, 0.25) is 0 Å². The number of unbranched alkanes of at least 4 members (excludes halogenated alkanes) is 8. The van der Waals surface area contributed by atoms with Crippen LogP contribution in [0.25, 0.3) is 0 Å². The highest BCUT2D eigenvalue weighted by Crippen LogP contribution is 2.79. The first-order chi connectivity index (χ1) is 14.4. The molecule has 1 spiro atoms. The fourth-order valence-corrected chi connectivity index (χ4v) is 8.36. The van der Waals surface area contributed by atoms with E-state index < -0.39 is 0 Å².